The minimum Gasteiger partial charge on any atom is -0.368 e. The molecule has 0 spiro atoms. The second kappa shape index (κ2) is 9.18. The minimum absolute atomic E-state index is 0.158. The van der Waals surface area contributed by atoms with E-state index in [1.165, 1.54) is 5.56 Å². The number of anilines is 1. The second-order valence-corrected chi connectivity index (χ2v) is 7.71. The Labute approximate surface area is 184 Å². The Morgan fingerprint density at radius 2 is 1.90 bits per heavy atom. The van der Waals surface area contributed by atoms with Gasteiger partial charge >= 0.3 is 5.56 Å². The summed E-state index contributed by atoms with van der Waals surface area (Å²) in [6.45, 7) is 4.37. The van der Waals surface area contributed by atoms with E-state index < -0.39 is 11.5 Å². The number of halogens is 1. The average Bonchev–Trinajstić information content (AvgIpc) is 3.18. The normalized spacial score (nSPS) is 14.4. The largest absolute Gasteiger partial charge is 0.368 e. The van der Waals surface area contributed by atoms with Crippen molar-refractivity contribution in [3.8, 4) is 0 Å². The molecule has 0 saturated carbocycles. The summed E-state index contributed by atoms with van der Waals surface area (Å²) >= 11 is 6.07. The number of nitrogens with zero attached hydrogens (tertiary/aromatic N) is 5. The quantitative estimate of drug-likeness (QED) is 0.620. The second-order valence-electron chi connectivity index (χ2n) is 7.28. The highest BCUT2D eigenvalue weighted by atomic mass is 35.5. The van der Waals surface area contributed by atoms with Gasteiger partial charge in [0.15, 0.2) is 0 Å². The van der Waals surface area contributed by atoms with Crippen LogP contribution in [0.2, 0.25) is 5.02 Å². The zero-order valence-corrected chi connectivity index (χ0v) is 17.9. The summed E-state index contributed by atoms with van der Waals surface area (Å²) in [5.74, 6) is -0.395. The van der Waals surface area contributed by atoms with Crippen molar-refractivity contribution in [2.75, 3.05) is 31.1 Å². The molecule has 8 nitrogen and oxygen atoms in total. The van der Waals surface area contributed by atoms with E-state index in [4.69, 9.17) is 11.6 Å². The Balaban J connectivity index is 1.41. The zero-order valence-electron chi connectivity index (χ0n) is 17.2. The van der Waals surface area contributed by atoms with E-state index in [-0.39, 0.29) is 5.69 Å². The van der Waals surface area contributed by atoms with E-state index in [9.17, 15) is 9.59 Å². The maximum atomic E-state index is 12.8. The lowest BCUT2D eigenvalue weighted by atomic mass is 10.1. The Morgan fingerprint density at radius 3 is 2.58 bits per heavy atom. The van der Waals surface area contributed by atoms with Gasteiger partial charge in [-0.2, -0.15) is 10.3 Å². The Hall–Kier alpha value is -3.39. The fourth-order valence-corrected chi connectivity index (χ4v) is 3.65. The SMILES string of the molecule is CCc1ccc(C=Nn2[nH]nc(C(=O)N3CCN(c4cccc(Cl)c4)CC3)c2=O)cc1. The van der Waals surface area contributed by atoms with Crippen molar-refractivity contribution in [2.24, 2.45) is 5.10 Å². The van der Waals surface area contributed by atoms with E-state index >= 15 is 0 Å². The molecule has 1 N–H and O–H groups in total. The average molecular weight is 439 g/mol. The maximum absolute atomic E-state index is 12.8. The van der Waals surface area contributed by atoms with Gasteiger partial charge in [0.1, 0.15) is 0 Å². The van der Waals surface area contributed by atoms with Crippen LogP contribution >= 0.6 is 11.6 Å². The number of hydrogen-bond donors (Lipinski definition) is 1. The summed E-state index contributed by atoms with van der Waals surface area (Å²) in [6.07, 6.45) is 2.51. The van der Waals surface area contributed by atoms with Gasteiger partial charge in [0.25, 0.3) is 5.91 Å². The number of amides is 1. The molecule has 160 valence electrons. The molecule has 1 aliphatic rings. The first-order valence-electron chi connectivity index (χ1n) is 10.2. The van der Waals surface area contributed by atoms with Crippen molar-refractivity contribution in [3.63, 3.8) is 0 Å². The molecule has 0 atom stereocenters. The van der Waals surface area contributed by atoms with Gasteiger partial charge in [-0.25, -0.2) is 0 Å². The molecular weight excluding hydrogens is 416 g/mol. The number of carbonyl (C=O) groups excluding carboxylic acids is 1. The van der Waals surface area contributed by atoms with Crippen LogP contribution in [-0.2, 0) is 6.42 Å². The first-order valence-corrected chi connectivity index (χ1v) is 10.5. The van der Waals surface area contributed by atoms with Crippen LogP contribution in [0.25, 0.3) is 0 Å². The van der Waals surface area contributed by atoms with Gasteiger partial charge in [0, 0.05) is 36.9 Å². The van der Waals surface area contributed by atoms with Crippen molar-refractivity contribution < 1.29 is 4.79 Å². The van der Waals surface area contributed by atoms with E-state index in [0.29, 0.717) is 31.2 Å². The smallest absolute Gasteiger partial charge is 0.320 e. The molecule has 0 bridgehead atoms. The number of hydrogen-bond acceptors (Lipinski definition) is 5. The summed E-state index contributed by atoms with van der Waals surface area (Å²) in [7, 11) is 0. The van der Waals surface area contributed by atoms with Crippen molar-refractivity contribution in [3.05, 3.63) is 80.7 Å². The van der Waals surface area contributed by atoms with Crippen molar-refractivity contribution >= 4 is 29.4 Å². The Morgan fingerprint density at radius 1 is 1.16 bits per heavy atom. The third kappa shape index (κ3) is 4.69. The number of H-pyrrole nitrogens is 1. The summed E-state index contributed by atoms with van der Waals surface area (Å²) in [4.78, 5) is 30.2. The van der Waals surface area contributed by atoms with Crippen molar-refractivity contribution in [2.45, 2.75) is 13.3 Å². The zero-order chi connectivity index (χ0) is 21.8. The molecule has 2 heterocycles. The van der Waals surface area contributed by atoms with Crippen LogP contribution in [0.1, 0.15) is 28.5 Å². The van der Waals surface area contributed by atoms with Crippen LogP contribution in [0.15, 0.2) is 58.4 Å². The van der Waals surface area contributed by atoms with Gasteiger partial charge < -0.3 is 9.80 Å². The molecule has 9 heteroatoms. The van der Waals surface area contributed by atoms with E-state index in [2.05, 4.69) is 27.2 Å². The molecule has 3 aromatic rings. The van der Waals surface area contributed by atoms with Crippen LogP contribution in [0.5, 0.6) is 0 Å². The molecule has 1 fully saturated rings. The van der Waals surface area contributed by atoms with E-state index in [1.54, 1.807) is 11.1 Å². The molecule has 2 aromatic carbocycles. The van der Waals surface area contributed by atoms with Crippen molar-refractivity contribution in [1.29, 1.82) is 0 Å². The summed E-state index contributed by atoms with van der Waals surface area (Å²) < 4.78 is 0. The highest BCUT2D eigenvalue weighted by Gasteiger charge is 2.26. The first-order chi connectivity index (χ1) is 15.0. The topological polar surface area (TPSA) is 86.6 Å². The number of benzene rings is 2. The van der Waals surface area contributed by atoms with E-state index in [0.717, 1.165) is 22.5 Å². The third-order valence-corrected chi connectivity index (χ3v) is 5.54. The number of carbonyl (C=O) groups is 1. The van der Waals surface area contributed by atoms with Gasteiger partial charge in [-0.3, -0.25) is 9.59 Å². The lowest BCUT2D eigenvalue weighted by Crippen LogP contribution is -2.49. The molecule has 1 saturated heterocycles. The van der Waals surface area contributed by atoms with E-state index in [1.807, 2.05) is 48.5 Å². The van der Waals surface area contributed by atoms with Gasteiger partial charge in [0.05, 0.1) is 6.21 Å². The predicted octanol–water partition coefficient (Wildman–Crippen LogP) is 2.63. The molecule has 1 aromatic heterocycles. The summed E-state index contributed by atoms with van der Waals surface area (Å²) in [5, 5.41) is 11.2. The molecule has 1 amide bonds. The standard InChI is InChI=1S/C22H23ClN6O2/c1-2-16-6-8-17(9-7-16)15-24-29-22(31)20(25-26-29)21(30)28-12-10-27(11-13-28)19-5-3-4-18(23)14-19/h3-9,14-15,26H,2,10-13H2,1H3. The number of nitrogens with one attached hydrogen (secondary N) is 1. The summed E-state index contributed by atoms with van der Waals surface area (Å²) in [5.41, 5.74) is 2.37. The molecular formula is C22H23ClN6O2. The van der Waals surface area contributed by atoms with Crippen LogP contribution < -0.4 is 10.5 Å². The number of piperazine rings is 1. The van der Waals surface area contributed by atoms with Crippen molar-refractivity contribution in [1.82, 2.24) is 20.0 Å². The van der Waals surface area contributed by atoms with Crippen LogP contribution in [0, 0.1) is 0 Å². The lowest BCUT2D eigenvalue weighted by molar-refractivity contribution is 0.0739. The van der Waals surface area contributed by atoms with Gasteiger partial charge in [-0.1, -0.05) is 48.9 Å². The van der Waals surface area contributed by atoms with Crippen LogP contribution in [-0.4, -0.2) is 58.3 Å². The minimum atomic E-state index is -0.566. The Bertz CT molecular complexity index is 1140. The highest BCUT2D eigenvalue weighted by molar-refractivity contribution is 6.30. The Kier molecular flexibility index (Phi) is 6.18. The molecule has 0 radical (unpaired) electrons. The summed E-state index contributed by atoms with van der Waals surface area (Å²) in [6, 6.07) is 15.5. The monoisotopic (exact) mass is 438 g/mol. The lowest BCUT2D eigenvalue weighted by Gasteiger charge is -2.35. The highest BCUT2D eigenvalue weighted by Crippen LogP contribution is 2.21. The van der Waals surface area contributed by atoms with Crippen LogP contribution in [0.4, 0.5) is 5.69 Å². The first kappa shape index (κ1) is 20.9. The molecule has 0 unspecified atom stereocenters. The molecule has 1 aliphatic heterocycles. The maximum Gasteiger partial charge on any atom is 0.320 e. The number of aryl methyl sites for hydroxylation is 1. The van der Waals surface area contributed by atoms with Gasteiger partial charge in [-0.15, -0.1) is 9.89 Å². The number of aromatic nitrogens is 3. The molecule has 0 aliphatic carbocycles. The predicted molar refractivity (Wildman–Crippen MR) is 121 cm³/mol. The van der Waals surface area contributed by atoms with Gasteiger partial charge in [0.2, 0.25) is 5.69 Å². The van der Waals surface area contributed by atoms with Crippen LogP contribution in [0.3, 0.4) is 0 Å². The molecule has 31 heavy (non-hydrogen) atoms. The number of rotatable bonds is 5. The third-order valence-electron chi connectivity index (χ3n) is 5.30. The number of aromatic amines is 1. The fraction of sp³-hybridized carbons (Fsp3) is 0.273. The fourth-order valence-electron chi connectivity index (χ4n) is 3.46. The molecule has 4 rings (SSSR count). The van der Waals surface area contributed by atoms with Gasteiger partial charge in [-0.05, 0) is 35.7 Å².